The van der Waals surface area contributed by atoms with E-state index in [1.807, 2.05) is 90.8 Å². The molecule has 4 aromatic rings. The van der Waals surface area contributed by atoms with E-state index in [4.69, 9.17) is 0 Å². The Balaban J connectivity index is 1.49. The number of carbonyl (C=O) groups is 2. The van der Waals surface area contributed by atoms with Gasteiger partial charge in [-0.1, -0.05) is 67.9 Å². The Morgan fingerprint density at radius 2 is 1.65 bits per heavy atom. The molecule has 0 bridgehead atoms. The van der Waals surface area contributed by atoms with Gasteiger partial charge in [0.25, 0.3) is 0 Å². The van der Waals surface area contributed by atoms with Crippen LogP contribution < -0.4 is 10.2 Å². The number of anilines is 2. The summed E-state index contributed by atoms with van der Waals surface area (Å²) >= 11 is 0. The molecule has 0 saturated carbocycles. The van der Waals surface area contributed by atoms with Gasteiger partial charge in [0.15, 0.2) is 0 Å². The molecule has 1 unspecified atom stereocenters. The molecule has 3 aromatic carbocycles. The molecule has 1 atom stereocenters. The van der Waals surface area contributed by atoms with Gasteiger partial charge in [-0.2, -0.15) is 0 Å². The second-order valence-corrected chi connectivity index (χ2v) is 9.44. The van der Waals surface area contributed by atoms with Crippen molar-refractivity contribution >= 4 is 23.3 Å². The van der Waals surface area contributed by atoms with Crippen molar-refractivity contribution in [1.82, 2.24) is 9.47 Å². The first kappa shape index (κ1) is 24.4. The van der Waals surface area contributed by atoms with E-state index in [-0.39, 0.29) is 24.5 Å². The summed E-state index contributed by atoms with van der Waals surface area (Å²) in [7, 11) is 0. The summed E-state index contributed by atoms with van der Waals surface area (Å²) in [6.07, 6.45) is 3.78. The largest absolute Gasteiger partial charge is 0.322 e. The predicted molar refractivity (Wildman–Crippen MR) is 148 cm³/mol. The Morgan fingerprint density at radius 3 is 2.41 bits per heavy atom. The fraction of sp³-hybridized carbons (Fsp3) is 0.226. The SMILES string of the molecule is CCCCN(CC(=O)N1c2ccccc2-n2cccc2C1c1ccccc1)C(=O)Nc1cccc(C)c1. The Hall–Kier alpha value is -4.32. The van der Waals surface area contributed by atoms with Crippen LogP contribution in [-0.2, 0) is 4.79 Å². The Bertz CT molecular complexity index is 1400. The first-order valence-electron chi connectivity index (χ1n) is 12.8. The molecule has 1 aromatic heterocycles. The minimum Gasteiger partial charge on any atom is -0.316 e. The molecule has 0 aliphatic carbocycles. The number of unbranched alkanes of at least 4 members (excludes halogenated alkanes) is 1. The molecule has 2 heterocycles. The molecule has 1 N–H and O–H groups in total. The summed E-state index contributed by atoms with van der Waals surface area (Å²) in [5, 5.41) is 2.99. The maximum absolute atomic E-state index is 14.2. The lowest BCUT2D eigenvalue weighted by atomic mass is 9.97. The Kier molecular flexibility index (Phi) is 7.08. The molecule has 1 aliphatic rings. The fourth-order valence-electron chi connectivity index (χ4n) is 4.98. The molecule has 0 fully saturated rings. The third-order valence-electron chi connectivity index (χ3n) is 6.77. The molecule has 6 heteroatoms. The highest BCUT2D eigenvalue weighted by atomic mass is 16.2. The van der Waals surface area contributed by atoms with E-state index in [0.29, 0.717) is 6.54 Å². The van der Waals surface area contributed by atoms with E-state index < -0.39 is 0 Å². The Morgan fingerprint density at radius 1 is 0.892 bits per heavy atom. The van der Waals surface area contributed by atoms with Gasteiger partial charge in [0, 0.05) is 18.4 Å². The molecule has 5 rings (SSSR count). The van der Waals surface area contributed by atoms with Gasteiger partial charge in [0.2, 0.25) is 5.91 Å². The standard InChI is InChI=1S/C31H32N4O2/c1-3-4-19-33(31(37)32-25-15-10-12-23(2)21-25)22-29(36)35-27-17-9-8-16-26(27)34-20-11-18-28(34)30(35)24-13-6-5-7-14-24/h5-18,20-21,30H,3-4,19,22H2,1-2H3,(H,32,37). The number of nitrogens with zero attached hydrogens (tertiary/aromatic N) is 3. The van der Waals surface area contributed by atoms with Gasteiger partial charge in [0.1, 0.15) is 12.6 Å². The number of aromatic nitrogens is 1. The highest BCUT2D eigenvalue weighted by Gasteiger charge is 2.36. The van der Waals surface area contributed by atoms with Crippen molar-refractivity contribution in [2.75, 3.05) is 23.3 Å². The van der Waals surface area contributed by atoms with Crippen molar-refractivity contribution < 1.29 is 9.59 Å². The van der Waals surface area contributed by atoms with Gasteiger partial charge in [-0.25, -0.2) is 4.79 Å². The smallest absolute Gasteiger partial charge is 0.316 e. The van der Waals surface area contributed by atoms with Crippen LogP contribution in [0.1, 0.15) is 42.6 Å². The zero-order valence-electron chi connectivity index (χ0n) is 21.3. The minimum atomic E-state index is -0.300. The fourth-order valence-corrected chi connectivity index (χ4v) is 4.98. The molecule has 1 aliphatic heterocycles. The average molecular weight is 493 g/mol. The number of nitrogens with one attached hydrogen (secondary N) is 1. The van der Waals surface area contributed by atoms with Crippen LogP contribution in [0.5, 0.6) is 0 Å². The van der Waals surface area contributed by atoms with Gasteiger partial charge in [-0.05, 0) is 60.9 Å². The van der Waals surface area contributed by atoms with Gasteiger partial charge < -0.3 is 14.8 Å². The summed E-state index contributed by atoms with van der Waals surface area (Å²) in [6.45, 7) is 4.55. The van der Waals surface area contributed by atoms with Crippen LogP contribution in [0.15, 0.2) is 97.2 Å². The van der Waals surface area contributed by atoms with Crippen molar-refractivity contribution in [3.05, 3.63) is 114 Å². The second-order valence-electron chi connectivity index (χ2n) is 9.44. The quantitative estimate of drug-likeness (QED) is 0.318. The average Bonchev–Trinajstić information content (AvgIpc) is 3.40. The number of hydrogen-bond donors (Lipinski definition) is 1. The van der Waals surface area contributed by atoms with E-state index in [9.17, 15) is 9.59 Å². The van der Waals surface area contributed by atoms with E-state index in [2.05, 4.69) is 35.0 Å². The zero-order valence-corrected chi connectivity index (χ0v) is 21.3. The van der Waals surface area contributed by atoms with Crippen molar-refractivity contribution in [2.24, 2.45) is 0 Å². The second kappa shape index (κ2) is 10.7. The zero-order chi connectivity index (χ0) is 25.8. The number of fused-ring (bicyclic) bond motifs is 3. The van der Waals surface area contributed by atoms with Crippen molar-refractivity contribution in [3.8, 4) is 5.69 Å². The van der Waals surface area contributed by atoms with Crippen LogP contribution in [0.4, 0.5) is 16.2 Å². The van der Waals surface area contributed by atoms with Gasteiger partial charge in [-0.3, -0.25) is 9.69 Å². The van der Waals surface area contributed by atoms with Crippen LogP contribution in [0.3, 0.4) is 0 Å². The van der Waals surface area contributed by atoms with Gasteiger partial charge >= 0.3 is 6.03 Å². The lowest BCUT2D eigenvalue weighted by molar-refractivity contribution is -0.119. The molecule has 0 radical (unpaired) electrons. The summed E-state index contributed by atoms with van der Waals surface area (Å²) in [5.41, 5.74) is 5.61. The topological polar surface area (TPSA) is 57.6 Å². The number of hydrogen-bond acceptors (Lipinski definition) is 2. The number of amides is 3. The van der Waals surface area contributed by atoms with Crippen molar-refractivity contribution in [2.45, 2.75) is 32.7 Å². The number of aryl methyl sites for hydroxylation is 1. The monoisotopic (exact) mass is 492 g/mol. The molecule has 0 spiro atoms. The first-order valence-corrected chi connectivity index (χ1v) is 12.8. The van der Waals surface area contributed by atoms with Crippen LogP contribution in [0.2, 0.25) is 0 Å². The van der Waals surface area contributed by atoms with Crippen LogP contribution >= 0.6 is 0 Å². The minimum absolute atomic E-state index is 0.0178. The molecule has 6 nitrogen and oxygen atoms in total. The van der Waals surface area contributed by atoms with Crippen molar-refractivity contribution in [3.63, 3.8) is 0 Å². The normalized spacial score (nSPS) is 14.0. The van der Waals surface area contributed by atoms with Crippen molar-refractivity contribution in [1.29, 1.82) is 0 Å². The number of rotatable bonds is 7. The molecule has 0 saturated heterocycles. The predicted octanol–water partition coefficient (Wildman–Crippen LogP) is 6.56. The number of benzene rings is 3. The van der Waals surface area contributed by atoms with Gasteiger partial charge in [-0.15, -0.1) is 0 Å². The molecule has 37 heavy (non-hydrogen) atoms. The summed E-state index contributed by atoms with van der Waals surface area (Å²) in [5.74, 6) is -0.121. The summed E-state index contributed by atoms with van der Waals surface area (Å²) < 4.78 is 2.15. The molecule has 188 valence electrons. The number of carbonyl (C=O) groups excluding carboxylic acids is 2. The lowest BCUT2D eigenvalue weighted by Crippen LogP contribution is -2.48. The lowest BCUT2D eigenvalue weighted by Gasteiger charge is -2.39. The molecular formula is C31H32N4O2. The highest BCUT2D eigenvalue weighted by Crippen LogP contribution is 2.42. The first-order chi connectivity index (χ1) is 18.1. The third kappa shape index (κ3) is 5.00. The number of para-hydroxylation sites is 2. The van der Waals surface area contributed by atoms with Crippen LogP contribution in [-0.4, -0.2) is 34.5 Å². The summed E-state index contributed by atoms with van der Waals surface area (Å²) in [4.78, 5) is 31.0. The Labute approximate surface area is 218 Å². The van der Waals surface area contributed by atoms with Gasteiger partial charge in [0.05, 0.1) is 17.1 Å². The maximum Gasteiger partial charge on any atom is 0.322 e. The summed E-state index contributed by atoms with van der Waals surface area (Å²) in [6, 6.07) is 29.2. The van der Waals surface area contributed by atoms with E-state index in [1.165, 1.54) is 0 Å². The van der Waals surface area contributed by atoms with Crippen LogP contribution in [0, 0.1) is 6.92 Å². The van der Waals surface area contributed by atoms with Crippen LogP contribution in [0.25, 0.3) is 5.69 Å². The van der Waals surface area contributed by atoms with E-state index >= 15 is 0 Å². The highest BCUT2D eigenvalue weighted by molar-refractivity contribution is 6.01. The maximum atomic E-state index is 14.2. The van der Waals surface area contributed by atoms with E-state index in [1.54, 1.807) is 4.90 Å². The number of urea groups is 1. The third-order valence-corrected chi connectivity index (χ3v) is 6.77. The molecular weight excluding hydrogens is 460 g/mol. The molecule has 3 amide bonds. The van der Waals surface area contributed by atoms with E-state index in [0.717, 1.165) is 46.7 Å².